The highest BCUT2D eigenvalue weighted by molar-refractivity contribution is 6.30. The normalized spacial score (nSPS) is 17.7. The van der Waals surface area contributed by atoms with Crippen molar-refractivity contribution in [1.82, 2.24) is 0 Å². The fourth-order valence-corrected chi connectivity index (χ4v) is 3.53. The Labute approximate surface area is 145 Å². The molecule has 0 spiro atoms. The second kappa shape index (κ2) is 6.75. The number of anilines is 1. The maximum atomic E-state index is 13.0. The fraction of sp³-hybridized carbons (Fsp3) is 0.263. The molecule has 2 aromatic carbocycles. The third kappa shape index (κ3) is 2.83. The molecule has 0 saturated heterocycles. The summed E-state index contributed by atoms with van der Waals surface area (Å²) in [6, 6.07) is 13.7. The Balaban J connectivity index is 2.08. The van der Waals surface area contributed by atoms with Crippen molar-refractivity contribution in [3.63, 3.8) is 0 Å². The standard InChI is InChI=1S/C19H18ClNO3/c1-12(23)21-17-5-3-2-4-16(17)19(24)18(21)15(10-11-22)13-6-8-14(20)9-7-13/h2-9,15,18,22H,10-11H2,1H3/t15-,18+/m0/s1. The molecule has 4 nitrogen and oxygen atoms in total. The van der Waals surface area contributed by atoms with Crippen LogP contribution in [0.2, 0.25) is 5.02 Å². The molecule has 0 aliphatic carbocycles. The van der Waals surface area contributed by atoms with Crippen LogP contribution in [0.1, 0.15) is 35.2 Å². The van der Waals surface area contributed by atoms with E-state index in [2.05, 4.69) is 0 Å². The van der Waals surface area contributed by atoms with Crippen LogP contribution in [0.15, 0.2) is 48.5 Å². The van der Waals surface area contributed by atoms with Gasteiger partial charge in [-0.1, -0.05) is 35.9 Å². The molecule has 0 radical (unpaired) electrons. The molecule has 3 rings (SSSR count). The lowest BCUT2D eigenvalue weighted by molar-refractivity contribution is -0.116. The van der Waals surface area contributed by atoms with Crippen LogP contribution in [-0.2, 0) is 4.79 Å². The number of Topliss-reactive ketones (excluding diaryl/α,β-unsaturated/α-hetero) is 1. The summed E-state index contributed by atoms with van der Waals surface area (Å²) < 4.78 is 0. The first kappa shape index (κ1) is 16.7. The SMILES string of the molecule is CC(=O)N1c2ccccc2C(=O)[C@H]1[C@@H](CCO)c1ccc(Cl)cc1. The monoisotopic (exact) mass is 343 g/mol. The lowest BCUT2D eigenvalue weighted by Crippen LogP contribution is -2.43. The van der Waals surface area contributed by atoms with Crippen LogP contribution in [0.5, 0.6) is 0 Å². The van der Waals surface area contributed by atoms with Gasteiger partial charge in [0, 0.05) is 30.0 Å². The van der Waals surface area contributed by atoms with Gasteiger partial charge in [-0.25, -0.2) is 0 Å². The predicted octanol–water partition coefficient (Wildman–Crippen LogP) is 3.42. The van der Waals surface area contributed by atoms with Gasteiger partial charge in [-0.15, -0.1) is 0 Å². The van der Waals surface area contributed by atoms with E-state index in [1.54, 1.807) is 35.2 Å². The van der Waals surface area contributed by atoms with Crippen LogP contribution in [0.25, 0.3) is 0 Å². The molecule has 1 N–H and O–H groups in total. The minimum absolute atomic E-state index is 0.0703. The van der Waals surface area contributed by atoms with Crippen molar-refractivity contribution in [2.45, 2.75) is 25.3 Å². The summed E-state index contributed by atoms with van der Waals surface area (Å²) >= 11 is 5.95. The number of carbonyl (C=O) groups is 2. The van der Waals surface area contributed by atoms with Crippen molar-refractivity contribution in [3.05, 3.63) is 64.7 Å². The highest BCUT2D eigenvalue weighted by Crippen LogP contribution is 2.40. The van der Waals surface area contributed by atoms with E-state index < -0.39 is 6.04 Å². The van der Waals surface area contributed by atoms with Gasteiger partial charge in [0.1, 0.15) is 6.04 Å². The average molecular weight is 344 g/mol. The smallest absolute Gasteiger partial charge is 0.224 e. The number of aliphatic hydroxyl groups excluding tert-OH is 1. The molecule has 0 bridgehead atoms. The summed E-state index contributed by atoms with van der Waals surface area (Å²) in [7, 11) is 0. The molecule has 24 heavy (non-hydrogen) atoms. The number of hydrogen-bond acceptors (Lipinski definition) is 3. The Morgan fingerprint density at radius 2 is 1.88 bits per heavy atom. The highest BCUT2D eigenvalue weighted by atomic mass is 35.5. The van der Waals surface area contributed by atoms with E-state index in [1.165, 1.54) is 6.92 Å². The Hall–Kier alpha value is -2.17. The number of amides is 1. The summed E-state index contributed by atoms with van der Waals surface area (Å²) in [6.45, 7) is 1.39. The predicted molar refractivity (Wildman–Crippen MR) is 93.6 cm³/mol. The van der Waals surface area contributed by atoms with E-state index in [0.29, 0.717) is 22.7 Å². The highest BCUT2D eigenvalue weighted by Gasteiger charge is 2.44. The van der Waals surface area contributed by atoms with Gasteiger partial charge in [-0.2, -0.15) is 0 Å². The quantitative estimate of drug-likeness (QED) is 0.925. The number of halogens is 1. The summed E-state index contributed by atoms with van der Waals surface area (Å²) in [6.07, 6.45) is 0.385. The van der Waals surface area contributed by atoms with Gasteiger partial charge in [0.15, 0.2) is 5.78 Å². The second-order valence-corrected chi connectivity index (χ2v) is 6.32. The molecule has 0 aromatic heterocycles. The van der Waals surface area contributed by atoms with Crippen molar-refractivity contribution in [2.75, 3.05) is 11.5 Å². The number of hydrogen-bond donors (Lipinski definition) is 1. The van der Waals surface area contributed by atoms with Crippen LogP contribution >= 0.6 is 11.6 Å². The van der Waals surface area contributed by atoms with Gasteiger partial charge >= 0.3 is 0 Å². The zero-order valence-electron chi connectivity index (χ0n) is 13.3. The molecule has 5 heteroatoms. The van der Waals surface area contributed by atoms with Crippen molar-refractivity contribution in [1.29, 1.82) is 0 Å². The summed E-state index contributed by atoms with van der Waals surface area (Å²) in [5.41, 5.74) is 2.07. The Morgan fingerprint density at radius 3 is 2.50 bits per heavy atom. The zero-order chi connectivity index (χ0) is 17.3. The average Bonchev–Trinajstić information content (AvgIpc) is 2.87. The lowest BCUT2D eigenvalue weighted by atomic mass is 9.86. The third-order valence-corrected chi connectivity index (χ3v) is 4.69. The molecule has 2 aromatic rings. The molecule has 124 valence electrons. The van der Waals surface area contributed by atoms with Gasteiger partial charge in [0.25, 0.3) is 0 Å². The van der Waals surface area contributed by atoms with Gasteiger partial charge in [0.05, 0.1) is 5.69 Å². The van der Waals surface area contributed by atoms with Gasteiger partial charge in [-0.3, -0.25) is 9.59 Å². The minimum atomic E-state index is -0.645. The van der Waals surface area contributed by atoms with Crippen LogP contribution in [0.3, 0.4) is 0 Å². The molecule has 0 saturated carbocycles. The van der Waals surface area contributed by atoms with E-state index in [1.807, 2.05) is 18.2 Å². The fourth-order valence-electron chi connectivity index (χ4n) is 3.40. The summed E-state index contributed by atoms with van der Waals surface area (Å²) in [5.74, 6) is -0.569. The van der Waals surface area contributed by atoms with Gasteiger partial charge in [-0.05, 0) is 36.2 Å². The molecule has 1 heterocycles. The van der Waals surface area contributed by atoms with E-state index in [9.17, 15) is 14.7 Å². The van der Waals surface area contributed by atoms with Gasteiger partial charge in [0.2, 0.25) is 5.91 Å². The molecule has 1 amide bonds. The van der Waals surface area contributed by atoms with E-state index in [-0.39, 0.29) is 24.2 Å². The summed E-state index contributed by atoms with van der Waals surface area (Å²) in [4.78, 5) is 26.8. The van der Waals surface area contributed by atoms with E-state index in [4.69, 9.17) is 11.6 Å². The maximum absolute atomic E-state index is 13.0. The number of ketones is 1. The maximum Gasteiger partial charge on any atom is 0.224 e. The Morgan fingerprint density at radius 1 is 1.21 bits per heavy atom. The molecule has 2 atom stereocenters. The number of aliphatic hydroxyl groups is 1. The molecule has 1 aliphatic rings. The number of para-hydroxylation sites is 1. The Bertz CT molecular complexity index is 772. The van der Waals surface area contributed by atoms with Crippen molar-refractivity contribution in [2.24, 2.45) is 0 Å². The van der Waals surface area contributed by atoms with Crippen LogP contribution in [0, 0.1) is 0 Å². The van der Waals surface area contributed by atoms with Crippen molar-refractivity contribution < 1.29 is 14.7 Å². The number of nitrogens with zero attached hydrogens (tertiary/aromatic N) is 1. The van der Waals surface area contributed by atoms with Crippen molar-refractivity contribution >= 4 is 29.0 Å². The number of fused-ring (bicyclic) bond motifs is 1. The first-order valence-electron chi connectivity index (χ1n) is 7.84. The van der Waals surface area contributed by atoms with Crippen molar-refractivity contribution in [3.8, 4) is 0 Å². The molecule has 0 unspecified atom stereocenters. The van der Waals surface area contributed by atoms with E-state index in [0.717, 1.165) is 5.56 Å². The second-order valence-electron chi connectivity index (χ2n) is 5.89. The molecule has 1 aliphatic heterocycles. The minimum Gasteiger partial charge on any atom is -0.396 e. The first-order chi connectivity index (χ1) is 11.5. The van der Waals surface area contributed by atoms with E-state index >= 15 is 0 Å². The lowest BCUT2D eigenvalue weighted by Gasteiger charge is -2.30. The largest absolute Gasteiger partial charge is 0.396 e. The number of rotatable bonds is 4. The first-order valence-corrected chi connectivity index (χ1v) is 8.21. The zero-order valence-corrected chi connectivity index (χ0v) is 14.0. The topological polar surface area (TPSA) is 57.6 Å². The molecular weight excluding hydrogens is 326 g/mol. The number of carbonyl (C=O) groups excluding carboxylic acids is 2. The third-order valence-electron chi connectivity index (χ3n) is 4.43. The van der Waals surface area contributed by atoms with Gasteiger partial charge < -0.3 is 10.0 Å². The van der Waals surface area contributed by atoms with Crippen LogP contribution in [0.4, 0.5) is 5.69 Å². The number of benzene rings is 2. The van der Waals surface area contributed by atoms with Crippen LogP contribution in [-0.4, -0.2) is 29.4 Å². The van der Waals surface area contributed by atoms with Crippen LogP contribution < -0.4 is 4.90 Å². The Kier molecular flexibility index (Phi) is 4.69. The summed E-state index contributed by atoms with van der Waals surface area (Å²) in [5, 5.41) is 10.1. The molecular formula is C19H18ClNO3. The molecule has 0 fully saturated rings.